The number of furan rings is 1. The molecule has 112 valence electrons. The highest BCUT2D eigenvalue weighted by Crippen LogP contribution is 2.12. The second-order valence-electron chi connectivity index (χ2n) is 4.39. The van der Waals surface area contributed by atoms with Crippen molar-refractivity contribution in [2.75, 3.05) is 19.7 Å². The van der Waals surface area contributed by atoms with Crippen LogP contribution in [0.4, 0.5) is 0 Å². The maximum Gasteiger partial charge on any atom is 0.257 e. The zero-order valence-electron chi connectivity index (χ0n) is 12.3. The van der Waals surface area contributed by atoms with Crippen molar-refractivity contribution in [3.8, 4) is 0 Å². The topological polar surface area (TPSA) is 71.8 Å². The van der Waals surface area contributed by atoms with E-state index in [0.717, 1.165) is 6.42 Å². The van der Waals surface area contributed by atoms with Crippen LogP contribution < -0.4 is 5.48 Å². The first-order valence-electron chi connectivity index (χ1n) is 6.84. The standard InChI is InChI=1S/C14H22N2O4/c1-4-8-16(9-6-13(17)15-20-5-2)14(18)12-7-10-19-11(12)3/h7,10H,4-6,8-9H2,1-3H3,(H,15,17). The molecule has 0 fully saturated rings. The number of nitrogens with one attached hydrogen (secondary N) is 1. The average Bonchev–Trinajstić information content (AvgIpc) is 2.86. The third-order valence-corrected chi connectivity index (χ3v) is 2.81. The predicted octanol–water partition coefficient (Wildman–Crippen LogP) is 1.90. The molecule has 0 bridgehead atoms. The molecule has 0 saturated carbocycles. The summed E-state index contributed by atoms with van der Waals surface area (Å²) < 4.78 is 5.15. The molecule has 0 saturated heterocycles. The molecule has 2 amide bonds. The number of hydrogen-bond donors (Lipinski definition) is 1. The number of rotatable bonds is 8. The molecule has 0 aliphatic carbocycles. The SMILES string of the molecule is CCCN(CCC(=O)NOCC)C(=O)c1ccoc1C. The lowest BCUT2D eigenvalue weighted by molar-refractivity contribution is -0.133. The van der Waals surface area contributed by atoms with Gasteiger partial charge in [-0.15, -0.1) is 0 Å². The van der Waals surface area contributed by atoms with E-state index in [-0.39, 0.29) is 18.2 Å². The van der Waals surface area contributed by atoms with Crippen LogP contribution in [0.5, 0.6) is 0 Å². The summed E-state index contributed by atoms with van der Waals surface area (Å²) in [6.45, 7) is 6.90. The van der Waals surface area contributed by atoms with Crippen LogP contribution in [0.2, 0.25) is 0 Å². The minimum Gasteiger partial charge on any atom is -0.469 e. The summed E-state index contributed by atoms with van der Waals surface area (Å²) in [5, 5.41) is 0. The zero-order chi connectivity index (χ0) is 15.0. The number of carbonyl (C=O) groups excluding carboxylic acids is 2. The van der Waals surface area contributed by atoms with E-state index >= 15 is 0 Å². The van der Waals surface area contributed by atoms with E-state index in [1.807, 2.05) is 6.92 Å². The van der Waals surface area contributed by atoms with Crippen molar-refractivity contribution < 1.29 is 18.8 Å². The first-order chi connectivity index (χ1) is 9.60. The number of nitrogens with zero attached hydrogens (tertiary/aromatic N) is 1. The quantitative estimate of drug-likeness (QED) is 0.739. The van der Waals surface area contributed by atoms with Gasteiger partial charge in [0, 0.05) is 19.5 Å². The second-order valence-corrected chi connectivity index (χ2v) is 4.39. The van der Waals surface area contributed by atoms with E-state index in [4.69, 9.17) is 9.25 Å². The van der Waals surface area contributed by atoms with E-state index in [9.17, 15) is 9.59 Å². The first kappa shape index (κ1) is 16.2. The van der Waals surface area contributed by atoms with E-state index in [2.05, 4.69) is 5.48 Å². The summed E-state index contributed by atoms with van der Waals surface area (Å²) in [4.78, 5) is 30.3. The largest absolute Gasteiger partial charge is 0.469 e. The smallest absolute Gasteiger partial charge is 0.257 e. The molecule has 6 heteroatoms. The molecule has 20 heavy (non-hydrogen) atoms. The first-order valence-corrected chi connectivity index (χ1v) is 6.84. The van der Waals surface area contributed by atoms with E-state index in [1.165, 1.54) is 6.26 Å². The fraction of sp³-hybridized carbons (Fsp3) is 0.571. The zero-order valence-corrected chi connectivity index (χ0v) is 12.3. The van der Waals surface area contributed by atoms with Gasteiger partial charge in [0.15, 0.2) is 0 Å². The van der Waals surface area contributed by atoms with Crippen molar-refractivity contribution in [1.29, 1.82) is 0 Å². The van der Waals surface area contributed by atoms with Gasteiger partial charge < -0.3 is 9.32 Å². The van der Waals surface area contributed by atoms with Crippen LogP contribution in [0.25, 0.3) is 0 Å². The Hall–Kier alpha value is -1.82. The molecule has 0 aliphatic rings. The van der Waals surface area contributed by atoms with Gasteiger partial charge in [-0.2, -0.15) is 0 Å². The normalized spacial score (nSPS) is 10.3. The van der Waals surface area contributed by atoms with Gasteiger partial charge in [0.2, 0.25) is 5.91 Å². The van der Waals surface area contributed by atoms with Crippen molar-refractivity contribution in [3.63, 3.8) is 0 Å². The minimum absolute atomic E-state index is 0.109. The minimum atomic E-state index is -0.232. The molecule has 0 unspecified atom stereocenters. The van der Waals surface area contributed by atoms with Crippen LogP contribution in [0.1, 0.15) is 42.8 Å². The molecule has 1 aromatic rings. The number of hydrogen-bond acceptors (Lipinski definition) is 4. The van der Waals surface area contributed by atoms with Crippen molar-refractivity contribution >= 4 is 11.8 Å². The van der Waals surface area contributed by atoms with Gasteiger partial charge in [-0.1, -0.05) is 6.92 Å². The molecular formula is C14H22N2O4. The van der Waals surface area contributed by atoms with Crippen molar-refractivity contribution in [1.82, 2.24) is 10.4 Å². The van der Waals surface area contributed by atoms with Gasteiger partial charge in [0.1, 0.15) is 5.76 Å². The summed E-state index contributed by atoms with van der Waals surface area (Å²) in [5.74, 6) is 0.252. The molecular weight excluding hydrogens is 260 g/mol. The Balaban J connectivity index is 2.58. The van der Waals surface area contributed by atoms with Gasteiger partial charge in [-0.3, -0.25) is 14.4 Å². The molecule has 1 N–H and O–H groups in total. The third kappa shape index (κ3) is 4.70. The van der Waals surface area contributed by atoms with Crippen molar-refractivity contribution in [3.05, 3.63) is 23.7 Å². The molecule has 1 heterocycles. The monoisotopic (exact) mass is 282 g/mol. The molecule has 6 nitrogen and oxygen atoms in total. The molecule has 0 radical (unpaired) electrons. The Morgan fingerprint density at radius 2 is 2.10 bits per heavy atom. The molecule has 0 aliphatic heterocycles. The second kappa shape index (κ2) is 8.37. The fourth-order valence-corrected chi connectivity index (χ4v) is 1.80. The summed E-state index contributed by atoms with van der Waals surface area (Å²) >= 11 is 0. The lowest BCUT2D eigenvalue weighted by atomic mass is 10.2. The van der Waals surface area contributed by atoms with Gasteiger partial charge in [-0.25, -0.2) is 5.48 Å². The van der Waals surface area contributed by atoms with Crippen molar-refractivity contribution in [2.24, 2.45) is 0 Å². The van der Waals surface area contributed by atoms with Crippen LogP contribution in [0.15, 0.2) is 16.7 Å². The Morgan fingerprint density at radius 3 is 2.65 bits per heavy atom. The highest BCUT2D eigenvalue weighted by atomic mass is 16.6. The lowest BCUT2D eigenvalue weighted by Gasteiger charge is -2.21. The van der Waals surface area contributed by atoms with E-state index < -0.39 is 0 Å². The average molecular weight is 282 g/mol. The summed E-state index contributed by atoms with van der Waals surface area (Å²) in [6.07, 6.45) is 2.53. The van der Waals surface area contributed by atoms with Gasteiger partial charge in [-0.05, 0) is 26.3 Å². The van der Waals surface area contributed by atoms with Crippen LogP contribution in [-0.2, 0) is 9.63 Å². The summed E-state index contributed by atoms with van der Waals surface area (Å²) in [5.41, 5.74) is 2.86. The number of amides is 2. The van der Waals surface area contributed by atoms with Crippen LogP contribution in [-0.4, -0.2) is 36.4 Å². The molecule has 1 rings (SSSR count). The number of hydroxylamine groups is 1. The molecule has 1 aromatic heterocycles. The summed E-state index contributed by atoms with van der Waals surface area (Å²) in [6, 6.07) is 1.65. The van der Waals surface area contributed by atoms with Crippen LogP contribution >= 0.6 is 0 Å². The Morgan fingerprint density at radius 1 is 1.35 bits per heavy atom. The lowest BCUT2D eigenvalue weighted by Crippen LogP contribution is -2.36. The maximum absolute atomic E-state index is 12.3. The third-order valence-electron chi connectivity index (χ3n) is 2.81. The Kier molecular flexibility index (Phi) is 6.79. The maximum atomic E-state index is 12.3. The molecule has 0 aromatic carbocycles. The van der Waals surface area contributed by atoms with Gasteiger partial charge in [0.05, 0.1) is 18.4 Å². The Bertz CT molecular complexity index is 442. The predicted molar refractivity (Wildman–Crippen MR) is 74.0 cm³/mol. The van der Waals surface area contributed by atoms with E-state index in [0.29, 0.717) is 31.0 Å². The molecule has 0 atom stereocenters. The number of carbonyl (C=O) groups is 2. The highest BCUT2D eigenvalue weighted by molar-refractivity contribution is 5.95. The fourth-order valence-electron chi connectivity index (χ4n) is 1.80. The molecule has 0 spiro atoms. The Labute approximate surface area is 119 Å². The summed E-state index contributed by atoms with van der Waals surface area (Å²) in [7, 11) is 0. The van der Waals surface area contributed by atoms with E-state index in [1.54, 1.807) is 24.8 Å². The highest BCUT2D eigenvalue weighted by Gasteiger charge is 2.19. The van der Waals surface area contributed by atoms with Gasteiger partial charge in [0.25, 0.3) is 5.91 Å². The van der Waals surface area contributed by atoms with Crippen LogP contribution in [0.3, 0.4) is 0 Å². The number of aryl methyl sites for hydroxylation is 1. The van der Waals surface area contributed by atoms with Crippen molar-refractivity contribution in [2.45, 2.75) is 33.6 Å². The van der Waals surface area contributed by atoms with Crippen LogP contribution in [0, 0.1) is 6.92 Å². The van der Waals surface area contributed by atoms with Gasteiger partial charge >= 0.3 is 0 Å².